The van der Waals surface area contributed by atoms with Crippen LogP contribution in [0, 0.1) is 11.7 Å². The number of carboxylic acids is 1. The molecule has 58 heavy (non-hydrogen) atoms. The van der Waals surface area contributed by atoms with Gasteiger partial charge in [-0.1, -0.05) is 42.5 Å². The lowest BCUT2D eigenvalue weighted by molar-refractivity contribution is -0.143. The molecular formula is C40H57FN10O6S. The first-order valence-corrected chi connectivity index (χ1v) is 20.2. The maximum atomic E-state index is 13.3. The molecule has 1 heterocycles. The van der Waals surface area contributed by atoms with Crippen molar-refractivity contribution in [1.82, 2.24) is 31.6 Å². The number of hydrogen-bond donors (Lipinski definition) is 9. The summed E-state index contributed by atoms with van der Waals surface area (Å²) in [6.07, 6.45) is 6.09. The molecule has 1 aliphatic carbocycles. The van der Waals surface area contributed by atoms with Gasteiger partial charge in [0, 0.05) is 30.6 Å². The molecule has 2 aromatic carbocycles. The van der Waals surface area contributed by atoms with Crippen LogP contribution in [0.5, 0.6) is 0 Å². The number of nitrogens with zero attached hydrogens (tertiary/aromatic N) is 2. The van der Waals surface area contributed by atoms with Crippen LogP contribution in [0.4, 0.5) is 4.39 Å². The van der Waals surface area contributed by atoms with E-state index in [0.717, 1.165) is 16.1 Å². The molecule has 12 N–H and O–H groups in total. The van der Waals surface area contributed by atoms with Gasteiger partial charge in [-0.15, -0.1) is 11.3 Å². The minimum Gasteiger partial charge on any atom is -0.481 e. The van der Waals surface area contributed by atoms with Gasteiger partial charge in [-0.2, -0.15) is 0 Å². The van der Waals surface area contributed by atoms with E-state index in [1.807, 2.05) is 35.7 Å². The third-order valence-corrected chi connectivity index (χ3v) is 10.2. The minimum absolute atomic E-state index is 0.0178. The molecule has 4 atom stereocenters. The van der Waals surface area contributed by atoms with Gasteiger partial charge in [0.25, 0.3) is 0 Å². The van der Waals surface area contributed by atoms with Gasteiger partial charge in [-0.3, -0.25) is 29.0 Å². The lowest BCUT2D eigenvalue weighted by Crippen LogP contribution is -2.57. The number of aromatic nitrogens is 1. The number of likely N-dealkylation sites (N-methyl/N-ethyl adjacent to an activating group) is 1. The SMILES string of the molecule is CNCC(=O)N[C@@H](Cc1ccc(F)cc1)c1nccs1.C[C@H](N)C(=O)N[C@@H](CCCCN=C(N)N)C(=O)N[C@@H](Cc1ccccc1)C(=O)NC1CCC(C(=O)O)CC1. The molecule has 0 unspecified atom stereocenters. The second-order valence-electron chi connectivity index (χ2n) is 14.1. The van der Waals surface area contributed by atoms with Crippen molar-refractivity contribution in [1.29, 1.82) is 0 Å². The molecule has 316 valence electrons. The van der Waals surface area contributed by atoms with Gasteiger partial charge in [-0.25, -0.2) is 9.37 Å². The van der Waals surface area contributed by atoms with Crippen molar-refractivity contribution in [2.75, 3.05) is 20.1 Å². The van der Waals surface area contributed by atoms with Gasteiger partial charge in [0.15, 0.2) is 5.96 Å². The van der Waals surface area contributed by atoms with Crippen LogP contribution in [0.1, 0.15) is 74.0 Å². The number of rotatable bonds is 20. The minimum atomic E-state index is -0.898. The largest absolute Gasteiger partial charge is 0.481 e. The zero-order valence-electron chi connectivity index (χ0n) is 33.0. The zero-order valence-corrected chi connectivity index (χ0v) is 33.8. The average molecular weight is 825 g/mol. The number of unbranched alkanes of at least 4 members (excludes halogenated alkanes) is 1. The second kappa shape index (κ2) is 25.0. The number of hydrogen-bond acceptors (Lipinski definition) is 10. The number of thiazole rings is 1. The summed E-state index contributed by atoms with van der Waals surface area (Å²) in [5.41, 5.74) is 18.2. The van der Waals surface area contributed by atoms with E-state index in [1.54, 1.807) is 25.4 Å². The van der Waals surface area contributed by atoms with E-state index in [9.17, 15) is 33.5 Å². The highest BCUT2D eigenvalue weighted by Crippen LogP contribution is 2.25. The summed E-state index contributed by atoms with van der Waals surface area (Å²) in [6.45, 7) is 2.17. The normalized spacial score (nSPS) is 16.8. The number of nitrogens with two attached hydrogens (primary N) is 3. The molecule has 1 fully saturated rings. The first-order valence-electron chi connectivity index (χ1n) is 19.3. The lowest BCUT2D eigenvalue weighted by atomic mass is 9.86. The standard InChI is InChI=1S/C26H41N7O5.C14H16FN3OS/c1-16(27)22(34)32-20(9-5-6-14-30-26(28)29)23(35)33-21(15-17-7-3-2-4-8-17)24(36)31-19-12-10-18(11-13-19)25(37)38;1-16-9-13(19)18-12(14-17-6-7-20-14)8-10-2-4-11(15)5-3-10/h2-4,7-8,16,18-21H,5-6,9-15,27H2,1H3,(H,31,36)(H,32,34)(H,33,35)(H,37,38)(H4,28,29,30);2-7,12,16H,8-9H2,1H3,(H,18,19)/t16-,18?,19?,20-,21-;12-/m00/s1. The number of aliphatic carboxylic acids is 1. The van der Waals surface area contributed by atoms with Gasteiger partial charge in [0.1, 0.15) is 22.9 Å². The van der Waals surface area contributed by atoms with E-state index in [2.05, 4.69) is 36.6 Å². The molecule has 16 nitrogen and oxygen atoms in total. The van der Waals surface area contributed by atoms with E-state index in [4.69, 9.17) is 17.2 Å². The van der Waals surface area contributed by atoms with Crippen molar-refractivity contribution in [3.63, 3.8) is 0 Å². The fraction of sp³-hybridized carbons (Fsp3) is 0.475. The van der Waals surface area contributed by atoms with E-state index in [-0.39, 0.29) is 48.6 Å². The van der Waals surface area contributed by atoms with Gasteiger partial charge < -0.3 is 48.9 Å². The molecular weight excluding hydrogens is 768 g/mol. The maximum Gasteiger partial charge on any atom is 0.306 e. The van der Waals surface area contributed by atoms with Crippen LogP contribution >= 0.6 is 11.3 Å². The molecule has 0 saturated heterocycles. The highest BCUT2D eigenvalue weighted by atomic mass is 32.1. The molecule has 3 aromatic rings. The van der Waals surface area contributed by atoms with Crippen molar-refractivity contribution >= 4 is 46.9 Å². The molecule has 0 aliphatic heterocycles. The smallest absolute Gasteiger partial charge is 0.306 e. The predicted octanol–water partition coefficient (Wildman–Crippen LogP) is 1.65. The number of carbonyl (C=O) groups excluding carboxylic acids is 4. The van der Waals surface area contributed by atoms with E-state index in [0.29, 0.717) is 57.9 Å². The molecule has 0 spiro atoms. The number of benzene rings is 2. The van der Waals surface area contributed by atoms with Crippen LogP contribution in [-0.4, -0.2) is 90.0 Å². The summed E-state index contributed by atoms with van der Waals surface area (Å²) in [7, 11) is 1.72. The van der Waals surface area contributed by atoms with Crippen LogP contribution < -0.4 is 43.8 Å². The Balaban J connectivity index is 0.000000375. The number of carbonyl (C=O) groups is 5. The Morgan fingerprint density at radius 2 is 1.53 bits per heavy atom. The van der Waals surface area contributed by atoms with Gasteiger partial charge in [0.05, 0.1) is 24.5 Å². The molecule has 1 saturated carbocycles. The third-order valence-electron chi connectivity index (χ3n) is 9.36. The van der Waals surface area contributed by atoms with Gasteiger partial charge in [0.2, 0.25) is 23.6 Å². The summed E-state index contributed by atoms with van der Waals surface area (Å²) in [5, 5.41) is 26.2. The van der Waals surface area contributed by atoms with Crippen molar-refractivity contribution in [2.45, 2.75) is 94.9 Å². The number of nitrogens with one attached hydrogen (secondary N) is 5. The number of aliphatic imine (C=N–C) groups is 1. The molecule has 4 amide bonds. The Hall–Kier alpha value is -5.46. The van der Waals surface area contributed by atoms with E-state index in [1.165, 1.54) is 30.4 Å². The van der Waals surface area contributed by atoms with Crippen LogP contribution in [0.3, 0.4) is 0 Å². The fourth-order valence-electron chi connectivity index (χ4n) is 6.23. The Bertz CT molecular complexity index is 1750. The van der Waals surface area contributed by atoms with E-state index >= 15 is 0 Å². The van der Waals surface area contributed by atoms with E-state index < -0.39 is 41.8 Å². The monoisotopic (exact) mass is 824 g/mol. The quantitative estimate of drug-likeness (QED) is 0.0449. The Kier molecular flexibility index (Phi) is 20.2. The van der Waals surface area contributed by atoms with Gasteiger partial charge >= 0.3 is 5.97 Å². The molecule has 0 radical (unpaired) electrons. The van der Waals surface area contributed by atoms with Crippen molar-refractivity contribution in [3.8, 4) is 0 Å². The Morgan fingerprint density at radius 3 is 2.12 bits per heavy atom. The lowest BCUT2D eigenvalue weighted by Gasteiger charge is -2.29. The summed E-state index contributed by atoms with van der Waals surface area (Å²) >= 11 is 1.49. The molecule has 1 aliphatic rings. The molecule has 18 heteroatoms. The predicted molar refractivity (Wildman–Crippen MR) is 221 cm³/mol. The highest BCUT2D eigenvalue weighted by molar-refractivity contribution is 7.09. The zero-order chi connectivity index (χ0) is 42.5. The second-order valence-corrected chi connectivity index (χ2v) is 15.1. The maximum absolute atomic E-state index is 13.3. The van der Waals surface area contributed by atoms with Gasteiger partial charge in [-0.05, 0) is 88.6 Å². The molecule has 1 aromatic heterocycles. The first-order chi connectivity index (χ1) is 27.7. The van der Waals surface area contributed by atoms with Crippen molar-refractivity contribution in [2.24, 2.45) is 28.1 Å². The summed E-state index contributed by atoms with van der Waals surface area (Å²) in [5.74, 6) is -2.91. The van der Waals surface area contributed by atoms with Crippen molar-refractivity contribution in [3.05, 3.63) is 88.1 Å². The summed E-state index contributed by atoms with van der Waals surface area (Å²) in [6, 6.07) is 12.6. The number of guanidine groups is 1. The molecule has 4 rings (SSSR count). The topological polar surface area (TPSA) is 269 Å². The van der Waals surface area contributed by atoms with Crippen LogP contribution in [-0.2, 0) is 36.8 Å². The number of amides is 4. The summed E-state index contributed by atoms with van der Waals surface area (Å²) < 4.78 is 12.9. The average Bonchev–Trinajstić information content (AvgIpc) is 3.74. The fourth-order valence-corrected chi connectivity index (χ4v) is 6.92. The third kappa shape index (κ3) is 17.4. The molecule has 0 bridgehead atoms. The van der Waals surface area contributed by atoms with Crippen LogP contribution in [0.15, 0.2) is 71.2 Å². The highest BCUT2D eigenvalue weighted by Gasteiger charge is 2.31. The van der Waals surface area contributed by atoms with Crippen molar-refractivity contribution < 1.29 is 33.5 Å². The number of halogens is 1. The van der Waals surface area contributed by atoms with Crippen LogP contribution in [0.25, 0.3) is 0 Å². The first kappa shape index (κ1) is 46.9. The summed E-state index contributed by atoms with van der Waals surface area (Å²) in [4.78, 5) is 70.1. The Labute approximate surface area is 342 Å². The van der Waals surface area contributed by atoms with Crippen LogP contribution in [0.2, 0.25) is 0 Å². The number of carboxylic acid groups (broad SMARTS) is 1. The Morgan fingerprint density at radius 1 is 0.879 bits per heavy atom.